The average molecular weight is 710 g/mol. The number of amides is 1. The van der Waals surface area contributed by atoms with Crippen molar-refractivity contribution < 1.29 is 38.1 Å². The molecule has 0 fully saturated rings. The molecule has 0 aliphatic rings. The van der Waals surface area contributed by atoms with Crippen LogP contribution in [0.3, 0.4) is 0 Å². The lowest BCUT2D eigenvalue weighted by Gasteiger charge is -2.18. The molecule has 0 saturated heterocycles. The van der Waals surface area contributed by atoms with E-state index in [0.29, 0.717) is 6.42 Å². The number of esters is 3. The molecule has 0 rings (SSSR count). The molecular formula is C41H75NO8. The fourth-order valence-electron chi connectivity index (χ4n) is 5.69. The summed E-state index contributed by atoms with van der Waals surface area (Å²) in [5.74, 6) is -1.48. The maximum atomic E-state index is 12.5. The van der Waals surface area contributed by atoms with Gasteiger partial charge in [0, 0.05) is 18.4 Å². The molecule has 50 heavy (non-hydrogen) atoms. The molecule has 0 saturated carbocycles. The van der Waals surface area contributed by atoms with Crippen LogP contribution in [0.5, 0.6) is 0 Å². The Hall–Kier alpha value is -2.58. The smallest absolute Gasteiger partial charge is 0.410 e. The van der Waals surface area contributed by atoms with Gasteiger partial charge in [-0.3, -0.25) is 9.59 Å². The van der Waals surface area contributed by atoms with Gasteiger partial charge >= 0.3 is 24.0 Å². The maximum Gasteiger partial charge on any atom is 0.410 e. The van der Waals surface area contributed by atoms with E-state index in [1.54, 1.807) is 0 Å². The number of unbranched alkanes of at least 4 members (excludes halogenated alkanes) is 24. The molecule has 0 aromatic heterocycles. The largest absolute Gasteiger partial charge is 0.460 e. The zero-order valence-electron chi connectivity index (χ0n) is 32.5. The highest BCUT2D eigenvalue weighted by molar-refractivity contribution is 5.86. The first kappa shape index (κ1) is 47.4. The van der Waals surface area contributed by atoms with E-state index in [-0.39, 0.29) is 38.2 Å². The Bertz CT molecular complexity index is 862. The van der Waals surface area contributed by atoms with Crippen molar-refractivity contribution in [1.82, 2.24) is 5.32 Å². The van der Waals surface area contributed by atoms with Crippen LogP contribution < -0.4 is 5.32 Å². The van der Waals surface area contributed by atoms with Crippen molar-refractivity contribution in [2.75, 3.05) is 19.8 Å². The highest BCUT2D eigenvalue weighted by atomic mass is 16.7. The van der Waals surface area contributed by atoms with Crippen LogP contribution >= 0.6 is 0 Å². The Balaban J connectivity index is 4.31. The topological polar surface area (TPSA) is 117 Å². The highest BCUT2D eigenvalue weighted by Crippen LogP contribution is 2.15. The van der Waals surface area contributed by atoms with E-state index < -0.39 is 30.3 Å². The normalized spacial score (nSPS) is 11.5. The number of hydrogen-bond acceptors (Lipinski definition) is 8. The number of carbonyl (C=O) groups is 4. The Morgan fingerprint density at radius 1 is 0.520 bits per heavy atom. The number of rotatable bonds is 36. The number of alkyl carbamates (subject to hydrolysis) is 1. The molecule has 0 aliphatic heterocycles. The van der Waals surface area contributed by atoms with Crippen molar-refractivity contribution in [3.05, 3.63) is 12.2 Å². The Kier molecular flexibility index (Phi) is 34.4. The molecule has 0 bridgehead atoms. The molecule has 0 spiro atoms. The fourth-order valence-corrected chi connectivity index (χ4v) is 5.69. The molecule has 1 atom stereocenters. The van der Waals surface area contributed by atoms with E-state index >= 15 is 0 Å². The van der Waals surface area contributed by atoms with E-state index in [2.05, 4.69) is 25.7 Å². The summed E-state index contributed by atoms with van der Waals surface area (Å²) in [5.41, 5.74) is 0.253. The van der Waals surface area contributed by atoms with Gasteiger partial charge in [0.2, 0.25) is 0 Å². The predicted octanol–water partition coefficient (Wildman–Crippen LogP) is 11.2. The van der Waals surface area contributed by atoms with E-state index in [1.807, 2.05) is 0 Å². The third-order valence-electron chi connectivity index (χ3n) is 8.80. The molecule has 0 radical (unpaired) electrons. The van der Waals surface area contributed by atoms with Crippen molar-refractivity contribution in [3.63, 3.8) is 0 Å². The van der Waals surface area contributed by atoms with Crippen LogP contribution in [0.25, 0.3) is 0 Å². The van der Waals surface area contributed by atoms with Gasteiger partial charge in [-0.2, -0.15) is 0 Å². The Labute approximate surface area is 305 Å². The van der Waals surface area contributed by atoms with E-state index in [1.165, 1.54) is 129 Å². The fraction of sp³-hybridized carbons (Fsp3) is 0.854. The van der Waals surface area contributed by atoms with Crippen molar-refractivity contribution in [1.29, 1.82) is 0 Å². The minimum Gasteiger partial charge on any atom is -0.460 e. The van der Waals surface area contributed by atoms with Gasteiger partial charge < -0.3 is 24.3 Å². The van der Waals surface area contributed by atoms with Gasteiger partial charge in [0.25, 0.3) is 6.29 Å². The number of ether oxygens (including phenoxy) is 4. The first-order valence-electron chi connectivity index (χ1n) is 20.4. The second-order valence-electron chi connectivity index (χ2n) is 13.8. The van der Waals surface area contributed by atoms with Gasteiger partial charge in [-0.1, -0.05) is 175 Å². The quantitative estimate of drug-likeness (QED) is 0.0225. The monoisotopic (exact) mass is 710 g/mol. The van der Waals surface area contributed by atoms with Crippen LogP contribution in [0.2, 0.25) is 0 Å². The summed E-state index contributed by atoms with van der Waals surface area (Å²) in [7, 11) is 0. The van der Waals surface area contributed by atoms with Gasteiger partial charge in [0.05, 0.1) is 6.54 Å². The van der Waals surface area contributed by atoms with Gasteiger partial charge in [-0.25, -0.2) is 9.59 Å². The molecule has 9 heteroatoms. The molecular weight excluding hydrogens is 634 g/mol. The Morgan fingerprint density at radius 3 is 1.30 bits per heavy atom. The summed E-state index contributed by atoms with van der Waals surface area (Å²) in [6, 6.07) is 0. The average Bonchev–Trinajstić information content (AvgIpc) is 3.09. The Morgan fingerprint density at radius 2 is 0.900 bits per heavy atom. The molecule has 0 heterocycles. The van der Waals surface area contributed by atoms with Gasteiger partial charge in [-0.15, -0.1) is 0 Å². The minimum absolute atomic E-state index is 0.00366. The van der Waals surface area contributed by atoms with Gasteiger partial charge in [0.15, 0.2) is 6.61 Å². The zero-order valence-corrected chi connectivity index (χ0v) is 32.5. The minimum atomic E-state index is -1.36. The van der Waals surface area contributed by atoms with Crippen molar-refractivity contribution >= 4 is 24.0 Å². The first-order chi connectivity index (χ1) is 24.3. The molecule has 9 nitrogen and oxygen atoms in total. The summed E-state index contributed by atoms with van der Waals surface area (Å²) < 4.78 is 20.9. The second kappa shape index (κ2) is 36.2. The molecule has 1 unspecified atom stereocenters. The maximum absolute atomic E-state index is 12.5. The zero-order chi connectivity index (χ0) is 36.9. The molecule has 1 N–H and O–H groups in total. The SMILES string of the molecule is C=C(C)C(=O)OCCNC(=O)OC(COC(=O)CCCCCCCCCCCCCCC)OC(=O)CCCCCCCCCCCCCCC. The first-order valence-corrected chi connectivity index (χ1v) is 20.4. The predicted molar refractivity (Wildman–Crippen MR) is 202 cm³/mol. The lowest BCUT2D eigenvalue weighted by molar-refractivity contribution is -0.182. The summed E-state index contributed by atoms with van der Waals surface area (Å²) in [6.45, 7) is 9.07. The van der Waals surface area contributed by atoms with Gasteiger partial charge in [0.1, 0.15) is 6.61 Å². The van der Waals surface area contributed by atoms with Crippen molar-refractivity contribution in [3.8, 4) is 0 Å². The molecule has 1 amide bonds. The third-order valence-corrected chi connectivity index (χ3v) is 8.80. The van der Waals surface area contributed by atoms with Crippen LogP contribution in [0.1, 0.15) is 201 Å². The molecule has 0 aromatic rings. The number of carbonyl (C=O) groups excluding carboxylic acids is 4. The standard InChI is InChI=1S/C41H75NO8/c1-5-7-9-11-13-15-17-19-21-23-25-27-29-31-37(43)48-35-39(50-41(46)42-33-34-47-40(45)36(3)4)49-38(44)32-30-28-26-24-22-20-18-16-14-12-10-8-6-2/h39H,3,5-35H2,1-2,4H3,(H,42,46). The van der Waals surface area contributed by atoms with Crippen molar-refractivity contribution in [2.24, 2.45) is 0 Å². The number of nitrogens with one attached hydrogen (secondary N) is 1. The summed E-state index contributed by atoms with van der Waals surface area (Å²) in [4.78, 5) is 48.8. The van der Waals surface area contributed by atoms with Crippen molar-refractivity contribution in [2.45, 2.75) is 207 Å². The van der Waals surface area contributed by atoms with Crippen LogP contribution in [0, 0.1) is 0 Å². The van der Waals surface area contributed by atoms with Gasteiger partial charge in [-0.05, 0) is 19.8 Å². The number of hydrogen-bond donors (Lipinski definition) is 1. The summed E-state index contributed by atoms with van der Waals surface area (Å²) in [6.07, 6.45) is 29.7. The van der Waals surface area contributed by atoms with Crippen LogP contribution in [0.4, 0.5) is 4.79 Å². The van der Waals surface area contributed by atoms with E-state index in [0.717, 1.165) is 38.5 Å². The van der Waals surface area contributed by atoms with Crippen LogP contribution in [-0.2, 0) is 33.3 Å². The lowest BCUT2D eigenvalue weighted by Crippen LogP contribution is -2.36. The van der Waals surface area contributed by atoms with E-state index in [4.69, 9.17) is 18.9 Å². The summed E-state index contributed by atoms with van der Waals surface area (Å²) in [5, 5.41) is 2.44. The second-order valence-corrected chi connectivity index (χ2v) is 13.8. The summed E-state index contributed by atoms with van der Waals surface area (Å²) >= 11 is 0. The van der Waals surface area contributed by atoms with E-state index in [9.17, 15) is 19.2 Å². The van der Waals surface area contributed by atoms with Crippen LogP contribution in [0.15, 0.2) is 12.2 Å². The molecule has 0 aliphatic carbocycles. The van der Waals surface area contributed by atoms with Crippen LogP contribution in [-0.4, -0.2) is 50.0 Å². The highest BCUT2D eigenvalue weighted by Gasteiger charge is 2.21. The lowest BCUT2D eigenvalue weighted by atomic mass is 10.0. The molecule has 292 valence electrons. The third kappa shape index (κ3) is 33.9. The molecule has 0 aromatic carbocycles.